The van der Waals surface area contributed by atoms with E-state index >= 15 is 0 Å². The number of nitrogens with zero attached hydrogens (tertiary/aromatic N) is 1. The average Bonchev–Trinajstić information content (AvgIpc) is 2.72. The van der Waals surface area contributed by atoms with Crippen molar-refractivity contribution >= 4 is 22.4 Å². The van der Waals surface area contributed by atoms with E-state index in [4.69, 9.17) is 0 Å². The first-order chi connectivity index (χ1) is 8.20. The molecule has 1 saturated carbocycles. The first-order valence-corrected chi connectivity index (χ1v) is 6.98. The summed E-state index contributed by atoms with van der Waals surface area (Å²) in [5.41, 5.74) is 0.813. The Hall–Kier alpha value is -1.10. The number of rotatable bonds is 3. The third-order valence-corrected chi connectivity index (χ3v) is 4.33. The van der Waals surface area contributed by atoms with Crippen molar-refractivity contribution in [3.05, 3.63) is 10.6 Å². The summed E-state index contributed by atoms with van der Waals surface area (Å²) in [7, 11) is 1.82. The van der Waals surface area contributed by atoms with Gasteiger partial charge in [0.25, 0.3) is 5.91 Å². The Bertz CT molecular complexity index is 396. The number of aromatic nitrogens is 1. The van der Waals surface area contributed by atoms with E-state index in [9.17, 15) is 4.79 Å². The van der Waals surface area contributed by atoms with Crippen LogP contribution in [0.25, 0.3) is 0 Å². The van der Waals surface area contributed by atoms with Gasteiger partial charge in [0.05, 0.1) is 5.69 Å². The highest BCUT2D eigenvalue weighted by atomic mass is 32.1. The Morgan fingerprint density at radius 3 is 2.65 bits per heavy atom. The second kappa shape index (κ2) is 5.49. The minimum atomic E-state index is 0.0356. The fraction of sp³-hybridized carbons (Fsp3) is 0.667. The summed E-state index contributed by atoms with van der Waals surface area (Å²) >= 11 is 1.42. The molecule has 1 fully saturated rings. The quantitative estimate of drug-likeness (QED) is 0.870. The lowest BCUT2D eigenvalue weighted by Gasteiger charge is -2.22. The van der Waals surface area contributed by atoms with Crippen LogP contribution in [0.5, 0.6) is 0 Å². The summed E-state index contributed by atoms with van der Waals surface area (Å²) in [6, 6.07) is 0.357. The van der Waals surface area contributed by atoms with Crippen LogP contribution in [-0.2, 0) is 0 Å². The smallest absolute Gasteiger partial charge is 0.263 e. The predicted molar refractivity (Wildman–Crippen MR) is 70.7 cm³/mol. The fourth-order valence-electron chi connectivity index (χ4n) is 2.21. The van der Waals surface area contributed by atoms with Gasteiger partial charge in [0.2, 0.25) is 0 Å². The van der Waals surface area contributed by atoms with Crippen molar-refractivity contribution in [2.75, 3.05) is 12.4 Å². The molecule has 17 heavy (non-hydrogen) atoms. The molecule has 1 heterocycles. The van der Waals surface area contributed by atoms with Crippen LogP contribution in [-0.4, -0.2) is 24.0 Å². The van der Waals surface area contributed by atoms with Gasteiger partial charge in [-0.15, -0.1) is 0 Å². The van der Waals surface area contributed by atoms with E-state index in [1.165, 1.54) is 30.6 Å². The van der Waals surface area contributed by atoms with Crippen LogP contribution in [0.1, 0.15) is 47.5 Å². The van der Waals surface area contributed by atoms with Crippen molar-refractivity contribution in [3.8, 4) is 0 Å². The molecule has 0 bridgehead atoms. The van der Waals surface area contributed by atoms with Gasteiger partial charge in [0.15, 0.2) is 5.13 Å². The van der Waals surface area contributed by atoms with Crippen LogP contribution < -0.4 is 10.6 Å². The SMILES string of the molecule is CNc1nc(C)c(C(=O)NC2CCCCC2)s1. The standard InChI is InChI=1S/C12H19N3OS/c1-8-10(17-12(13-2)14-8)11(16)15-9-6-4-3-5-7-9/h9H,3-7H2,1-2H3,(H,13,14)(H,15,16). The highest BCUT2D eigenvalue weighted by Gasteiger charge is 2.20. The minimum absolute atomic E-state index is 0.0356. The lowest BCUT2D eigenvalue weighted by Crippen LogP contribution is -2.36. The van der Waals surface area contributed by atoms with Crippen LogP contribution in [0.3, 0.4) is 0 Å². The number of hydrogen-bond donors (Lipinski definition) is 2. The number of hydrogen-bond acceptors (Lipinski definition) is 4. The first-order valence-electron chi connectivity index (χ1n) is 6.16. The molecule has 94 valence electrons. The fourth-order valence-corrected chi connectivity index (χ4v) is 3.03. The molecule has 1 amide bonds. The number of anilines is 1. The molecule has 2 rings (SSSR count). The highest BCUT2D eigenvalue weighted by molar-refractivity contribution is 7.17. The molecule has 0 aliphatic heterocycles. The zero-order valence-electron chi connectivity index (χ0n) is 10.4. The van der Waals surface area contributed by atoms with Gasteiger partial charge in [-0.25, -0.2) is 4.98 Å². The summed E-state index contributed by atoms with van der Waals surface area (Å²) in [6.45, 7) is 1.88. The van der Waals surface area contributed by atoms with Gasteiger partial charge in [-0.05, 0) is 19.8 Å². The second-order valence-corrected chi connectivity index (χ2v) is 5.49. The molecule has 5 heteroatoms. The number of thiazole rings is 1. The molecule has 2 N–H and O–H groups in total. The second-order valence-electron chi connectivity index (χ2n) is 4.49. The van der Waals surface area contributed by atoms with Crippen LogP contribution in [0.4, 0.5) is 5.13 Å². The van der Waals surface area contributed by atoms with Crippen LogP contribution in [0, 0.1) is 6.92 Å². The molecule has 1 aromatic rings. The molecule has 0 radical (unpaired) electrons. The number of aryl methyl sites for hydroxylation is 1. The number of amides is 1. The lowest BCUT2D eigenvalue weighted by molar-refractivity contribution is 0.0931. The molecule has 0 spiro atoms. The summed E-state index contributed by atoms with van der Waals surface area (Å²) in [6.07, 6.45) is 5.99. The summed E-state index contributed by atoms with van der Waals surface area (Å²) in [5, 5.41) is 6.89. The Labute approximate surface area is 106 Å². The lowest BCUT2D eigenvalue weighted by atomic mass is 9.95. The molecule has 4 nitrogen and oxygen atoms in total. The van der Waals surface area contributed by atoms with Crippen LogP contribution in [0.2, 0.25) is 0 Å². The first kappa shape index (κ1) is 12.4. The van der Waals surface area contributed by atoms with E-state index in [0.29, 0.717) is 6.04 Å². The monoisotopic (exact) mass is 253 g/mol. The van der Waals surface area contributed by atoms with Gasteiger partial charge in [0.1, 0.15) is 4.88 Å². The Kier molecular flexibility index (Phi) is 3.99. The molecule has 0 aromatic carbocycles. The maximum absolute atomic E-state index is 12.1. The molecular formula is C12H19N3OS. The number of nitrogens with one attached hydrogen (secondary N) is 2. The molecule has 1 aliphatic carbocycles. The van der Waals surface area contributed by atoms with Crippen molar-refractivity contribution in [2.24, 2.45) is 0 Å². The molecule has 0 atom stereocenters. The Morgan fingerprint density at radius 1 is 1.35 bits per heavy atom. The highest BCUT2D eigenvalue weighted by Crippen LogP contribution is 2.23. The average molecular weight is 253 g/mol. The zero-order valence-corrected chi connectivity index (χ0v) is 11.2. The van der Waals surface area contributed by atoms with Gasteiger partial charge in [0, 0.05) is 13.1 Å². The summed E-state index contributed by atoms with van der Waals surface area (Å²) in [5.74, 6) is 0.0356. The minimum Gasteiger partial charge on any atom is -0.365 e. The van der Waals surface area contributed by atoms with E-state index < -0.39 is 0 Å². The van der Waals surface area contributed by atoms with Crippen LogP contribution >= 0.6 is 11.3 Å². The van der Waals surface area contributed by atoms with Crippen molar-refractivity contribution < 1.29 is 4.79 Å². The normalized spacial score (nSPS) is 16.8. The van der Waals surface area contributed by atoms with E-state index in [0.717, 1.165) is 28.5 Å². The Balaban J connectivity index is 2.00. The maximum atomic E-state index is 12.1. The maximum Gasteiger partial charge on any atom is 0.263 e. The van der Waals surface area contributed by atoms with Crippen molar-refractivity contribution in [1.82, 2.24) is 10.3 Å². The van der Waals surface area contributed by atoms with Crippen molar-refractivity contribution in [3.63, 3.8) is 0 Å². The number of carbonyl (C=O) groups excluding carboxylic acids is 1. The third kappa shape index (κ3) is 2.97. The molecule has 0 saturated heterocycles. The van der Waals surface area contributed by atoms with E-state index in [-0.39, 0.29) is 5.91 Å². The van der Waals surface area contributed by atoms with E-state index in [1.807, 2.05) is 14.0 Å². The molecule has 1 aromatic heterocycles. The van der Waals surface area contributed by atoms with Gasteiger partial charge in [-0.3, -0.25) is 4.79 Å². The van der Waals surface area contributed by atoms with Gasteiger partial charge in [-0.1, -0.05) is 30.6 Å². The number of carbonyl (C=O) groups is 1. The molecular weight excluding hydrogens is 234 g/mol. The third-order valence-electron chi connectivity index (χ3n) is 3.16. The van der Waals surface area contributed by atoms with E-state index in [1.54, 1.807) is 0 Å². The topological polar surface area (TPSA) is 54.0 Å². The van der Waals surface area contributed by atoms with Crippen molar-refractivity contribution in [2.45, 2.75) is 45.1 Å². The molecule has 0 unspecified atom stereocenters. The van der Waals surface area contributed by atoms with Gasteiger partial charge in [-0.2, -0.15) is 0 Å². The van der Waals surface area contributed by atoms with Crippen LogP contribution in [0.15, 0.2) is 0 Å². The summed E-state index contributed by atoms with van der Waals surface area (Å²) in [4.78, 5) is 17.1. The summed E-state index contributed by atoms with van der Waals surface area (Å²) < 4.78 is 0. The zero-order chi connectivity index (χ0) is 12.3. The van der Waals surface area contributed by atoms with Gasteiger partial charge >= 0.3 is 0 Å². The van der Waals surface area contributed by atoms with Crippen molar-refractivity contribution in [1.29, 1.82) is 0 Å². The molecule has 1 aliphatic rings. The van der Waals surface area contributed by atoms with Gasteiger partial charge < -0.3 is 10.6 Å². The largest absolute Gasteiger partial charge is 0.365 e. The Morgan fingerprint density at radius 2 is 2.06 bits per heavy atom. The predicted octanol–water partition coefficient (Wildman–Crippen LogP) is 2.56. The van der Waals surface area contributed by atoms with E-state index in [2.05, 4.69) is 15.6 Å².